The van der Waals surface area contributed by atoms with Crippen LogP contribution >= 0.6 is 0 Å². The minimum absolute atomic E-state index is 0.0285. The van der Waals surface area contributed by atoms with Gasteiger partial charge < -0.3 is 61.3 Å². The van der Waals surface area contributed by atoms with Crippen LogP contribution in [-0.2, 0) is 47.9 Å². The third-order valence-electron chi connectivity index (χ3n) is 15.8. The molecule has 0 aromatic rings. The third-order valence-corrected chi connectivity index (χ3v) is 15.8. The van der Waals surface area contributed by atoms with E-state index in [0.717, 1.165) is 4.90 Å². The first kappa shape index (κ1) is 79.3. The first-order chi connectivity index (χ1) is 39.1. The van der Waals surface area contributed by atoms with E-state index in [4.69, 9.17) is 5.73 Å². The van der Waals surface area contributed by atoms with Crippen LogP contribution in [0.3, 0.4) is 0 Å². The summed E-state index contributed by atoms with van der Waals surface area (Å²) in [6, 6.07) is -10.1. The Morgan fingerprint density at radius 2 is 0.953 bits per heavy atom. The first-order valence-electron chi connectivity index (χ1n) is 30.6. The van der Waals surface area contributed by atoms with Crippen molar-refractivity contribution in [2.24, 2.45) is 47.2 Å². The number of aliphatic hydroxyl groups is 2. The number of carbonyl (C=O) groups is 10. The zero-order chi connectivity index (χ0) is 66.4. The van der Waals surface area contributed by atoms with E-state index >= 15 is 0 Å². The van der Waals surface area contributed by atoms with Gasteiger partial charge in [-0.1, -0.05) is 109 Å². The molecular formula is C62H115N11O12. The number of hydrogen-bond acceptors (Lipinski definition) is 13. The fourth-order valence-corrected chi connectivity index (χ4v) is 10.4. The Morgan fingerprint density at radius 3 is 1.40 bits per heavy atom. The van der Waals surface area contributed by atoms with Gasteiger partial charge in [0.15, 0.2) is 0 Å². The number of carbonyl (C=O) groups excluding carboxylic acids is 10. The largest absolute Gasteiger partial charge is 0.390 e. The molecule has 0 radical (unpaired) electrons. The van der Waals surface area contributed by atoms with Gasteiger partial charge >= 0.3 is 0 Å². The van der Waals surface area contributed by atoms with Crippen LogP contribution in [0.5, 0.6) is 0 Å². The van der Waals surface area contributed by atoms with Gasteiger partial charge in [0.25, 0.3) is 0 Å². The SMILES string of the molecule is C/C=C/C[C@@H](C)[C@@H](O)C(C(N)=O)N(C)C(=O)[C@H](C(C)C)N(C)C(=O)[C@H](CC(C)C)N(C)C(O)[C@H](CC(C)C)N(C)C(=O)[C@@H](C)NC(=O)[C@H](C)NC(=O)[C@H](CC(C)C)N(C)C(=O)[C@@H](NC(=O)[C@H](CC(C)C)N(C)C(=O)CN(C)C(=O)CCC)C(C)C. The maximum Gasteiger partial charge on any atom is 0.246 e. The summed E-state index contributed by atoms with van der Waals surface area (Å²) in [4.78, 5) is 148. The van der Waals surface area contributed by atoms with E-state index in [1.807, 2.05) is 81.4 Å². The Balaban J connectivity index is 6.71. The molecule has 0 aromatic carbocycles. The Hall–Kier alpha value is -5.68. The summed E-state index contributed by atoms with van der Waals surface area (Å²) >= 11 is 0. The van der Waals surface area contributed by atoms with Crippen LogP contribution in [0.4, 0.5) is 0 Å². The molecular weight excluding hydrogens is 1090 g/mol. The van der Waals surface area contributed by atoms with Crippen molar-refractivity contribution in [3.05, 3.63) is 12.2 Å². The summed E-state index contributed by atoms with van der Waals surface area (Å²) in [5, 5.41) is 31.9. The van der Waals surface area contributed by atoms with Gasteiger partial charge in [-0.2, -0.15) is 0 Å². The minimum Gasteiger partial charge on any atom is -0.390 e. The van der Waals surface area contributed by atoms with Gasteiger partial charge in [-0.25, -0.2) is 0 Å². The monoisotopic (exact) mass is 1210 g/mol. The highest BCUT2D eigenvalue weighted by molar-refractivity contribution is 5.97. The number of hydrogen-bond donors (Lipinski definition) is 6. The van der Waals surface area contributed by atoms with Crippen molar-refractivity contribution in [1.82, 2.24) is 50.2 Å². The molecule has 0 saturated carbocycles. The Kier molecular flexibility index (Phi) is 34.6. The normalized spacial score (nSPS) is 16.2. The summed E-state index contributed by atoms with van der Waals surface area (Å²) in [6.45, 7) is 30.3. The zero-order valence-electron chi connectivity index (χ0n) is 56.4. The molecule has 12 atom stereocenters. The maximum atomic E-state index is 14.8. The van der Waals surface area contributed by atoms with Crippen LogP contribution < -0.4 is 21.7 Å². The van der Waals surface area contributed by atoms with Gasteiger partial charge in [-0.15, -0.1) is 0 Å². The predicted octanol–water partition coefficient (Wildman–Crippen LogP) is 3.44. The molecule has 2 unspecified atom stereocenters. The molecule has 0 heterocycles. The fraction of sp³-hybridized carbons (Fsp3) is 0.806. The van der Waals surface area contributed by atoms with Gasteiger partial charge in [0, 0.05) is 48.7 Å². The summed E-state index contributed by atoms with van der Waals surface area (Å²) in [6.07, 6.45) is 3.17. The standard InChI is InChI=1S/C62H115N11O12/c1-25-27-29-41(15)53(76)52(54(63)77)73(24)62(85)51(40(13)14)72(23)60(83)47(33-38(9)10)71(22)59(82)46(32-37(7)8)70(21)58(81)43(17)65-55(78)42(16)64-56(79)45(31-36(5)6)69(20)61(84)50(39(11)12)66-57(80)44(30-35(3)4)68(19)49(75)34-67(18)48(74)28-26-2/h25,27,35-47,50-53,59,76,82H,26,28-34H2,1-24H3,(H2,63,77)(H,64,79)(H,65,78)(H,66,80)/b27-25+/t41-,42+,43-,44+,45+,46+,47+,50+,51+,52?,53-,59?/m1/s1. The average Bonchev–Trinajstić information content (AvgIpc) is 2.50. The molecule has 10 amide bonds. The van der Waals surface area contributed by atoms with Crippen LogP contribution in [0.2, 0.25) is 0 Å². The molecule has 490 valence electrons. The van der Waals surface area contributed by atoms with E-state index in [-0.39, 0.29) is 68.2 Å². The minimum atomic E-state index is -1.45. The van der Waals surface area contributed by atoms with E-state index in [9.17, 15) is 58.2 Å². The number of nitrogens with two attached hydrogens (primary N) is 1. The van der Waals surface area contributed by atoms with Gasteiger partial charge in [0.1, 0.15) is 48.5 Å². The zero-order valence-corrected chi connectivity index (χ0v) is 56.4. The Morgan fingerprint density at radius 1 is 0.494 bits per heavy atom. The Bertz CT molecular complexity index is 2220. The van der Waals surface area contributed by atoms with Crippen molar-refractivity contribution < 1.29 is 58.2 Å². The molecule has 23 nitrogen and oxygen atoms in total. The highest BCUT2D eigenvalue weighted by atomic mass is 16.3. The van der Waals surface area contributed by atoms with E-state index in [1.54, 1.807) is 41.7 Å². The second-order valence-electron chi connectivity index (χ2n) is 26.0. The number of aliphatic hydroxyl groups excluding tert-OH is 2. The average molecular weight is 1210 g/mol. The van der Waals surface area contributed by atoms with Crippen LogP contribution in [0.15, 0.2) is 12.2 Å². The second kappa shape index (κ2) is 37.1. The Labute approximate surface area is 510 Å². The fourth-order valence-electron chi connectivity index (χ4n) is 10.4. The van der Waals surface area contributed by atoms with Crippen molar-refractivity contribution >= 4 is 59.1 Å². The lowest BCUT2D eigenvalue weighted by molar-refractivity contribution is -0.158. The van der Waals surface area contributed by atoms with Crippen LogP contribution in [0.1, 0.15) is 163 Å². The molecule has 0 fully saturated rings. The topological polar surface area (TPSA) is 296 Å². The molecule has 85 heavy (non-hydrogen) atoms. The van der Waals surface area contributed by atoms with Gasteiger partial charge in [-0.05, 0) is 108 Å². The van der Waals surface area contributed by atoms with Gasteiger partial charge in [0.05, 0.1) is 24.7 Å². The molecule has 23 heteroatoms. The number of allylic oxidation sites excluding steroid dienone is 2. The van der Waals surface area contributed by atoms with Crippen molar-refractivity contribution in [3.8, 4) is 0 Å². The van der Waals surface area contributed by atoms with E-state index in [1.165, 1.54) is 85.5 Å². The summed E-state index contributed by atoms with van der Waals surface area (Å²) < 4.78 is 0. The first-order valence-corrected chi connectivity index (χ1v) is 30.6. The van der Waals surface area contributed by atoms with Crippen molar-refractivity contribution in [2.45, 2.75) is 229 Å². The molecule has 0 aromatic heterocycles. The van der Waals surface area contributed by atoms with E-state index < -0.39 is 138 Å². The molecule has 0 saturated heterocycles. The summed E-state index contributed by atoms with van der Waals surface area (Å²) in [5.74, 6) is -7.45. The summed E-state index contributed by atoms with van der Waals surface area (Å²) in [7, 11) is 10.4. The lowest BCUT2D eigenvalue weighted by Crippen LogP contribution is -2.63. The van der Waals surface area contributed by atoms with Crippen molar-refractivity contribution in [1.29, 1.82) is 0 Å². The smallest absolute Gasteiger partial charge is 0.246 e. The third kappa shape index (κ3) is 24.2. The second-order valence-corrected chi connectivity index (χ2v) is 26.0. The highest BCUT2D eigenvalue weighted by Gasteiger charge is 2.44. The number of amides is 10. The lowest BCUT2D eigenvalue weighted by atomic mass is 9.91. The highest BCUT2D eigenvalue weighted by Crippen LogP contribution is 2.26. The van der Waals surface area contributed by atoms with Crippen LogP contribution in [0.25, 0.3) is 0 Å². The van der Waals surface area contributed by atoms with E-state index in [2.05, 4.69) is 16.0 Å². The van der Waals surface area contributed by atoms with Crippen LogP contribution in [0, 0.1) is 41.4 Å². The summed E-state index contributed by atoms with van der Waals surface area (Å²) in [5.41, 5.74) is 5.80. The maximum absolute atomic E-state index is 14.8. The van der Waals surface area contributed by atoms with Gasteiger partial charge in [-0.3, -0.25) is 52.8 Å². The number of nitrogens with zero attached hydrogens (tertiary/aromatic N) is 7. The number of primary amides is 1. The predicted molar refractivity (Wildman–Crippen MR) is 331 cm³/mol. The molecule has 0 aliphatic carbocycles. The molecule has 0 aliphatic rings. The quantitative estimate of drug-likeness (QED) is 0.0385. The molecule has 0 rings (SSSR count). The molecule has 0 spiro atoms. The van der Waals surface area contributed by atoms with Gasteiger partial charge in [0.2, 0.25) is 59.1 Å². The molecule has 0 aliphatic heterocycles. The van der Waals surface area contributed by atoms with Crippen molar-refractivity contribution in [3.63, 3.8) is 0 Å². The molecule has 7 N–H and O–H groups in total. The lowest BCUT2D eigenvalue weighted by Gasteiger charge is -2.43. The number of rotatable bonds is 37. The van der Waals surface area contributed by atoms with E-state index in [0.29, 0.717) is 12.8 Å². The molecule has 0 bridgehead atoms. The van der Waals surface area contributed by atoms with Crippen LogP contribution in [-0.4, -0.2) is 226 Å². The van der Waals surface area contributed by atoms with Crippen molar-refractivity contribution in [2.75, 3.05) is 55.9 Å². The number of likely N-dealkylation sites (N-methyl/N-ethyl adjacent to an activating group) is 7. The number of nitrogens with one attached hydrogen (secondary N) is 3.